The Morgan fingerprint density at radius 1 is 1.28 bits per heavy atom. The van der Waals surface area contributed by atoms with Crippen LogP contribution in [0.3, 0.4) is 0 Å². The molecule has 1 unspecified atom stereocenters. The summed E-state index contributed by atoms with van der Waals surface area (Å²) in [6, 6.07) is 5.73. The van der Waals surface area contributed by atoms with Crippen molar-refractivity contribution in [3.63, 3.8) is 0 Å². The highest BCUT2D eigenvalue weighted by Gasteiger charge is 2.59. The number of pyridine rings is 1. The van der Waals surface area contributed by atoms with Crippen molar-refractivity contribution in [2.45, 2.75) is 38.3 Å². The molecule has 0 bridgehead atoms. The highest BCUT2D eigenvalue weighted by molar-refractivity contribution is 5.77. The number of nitrogens with zero attached hydrogens (tertiary/aromatic N) is 4. The van der Waals surface area contributed by atoms with Crippen LogP contribution in [0.15, 0.2) is 29.2 Å². The quantitative estimate of drug-likeness (QED) is 0.832. The van der Waals surface area contributed by atoms with Crippen LogP contribution in [0.2, 0.25) is 0 Å². The van der Waals surface area contributed by atoms with Gasteiger partial charge in [-0.25, -0.2) is 9.48 Å². The number of hydrogen-bond donors (Lipinski definition) is 0. The maximum Gasteiger partial charge on any atom is 0.350 e. The van der Waals surface area contributed by atoms with E-state index in [0.717, 1.165) is 32.6 Å². The van der Waals surface area contributed by atoms with Gasteiger partial charge in [-0.1, -0.05) is 6.07 Å². The van der Waals surface area contributed by atoms with Gasteiger partial charge in [-0.15, -0.1) is 5.10 Å². The van der Waals surface area contributed by atoms with Crippen molar-refractivity contribution < 1.29 is 9.53 Å². The van der Waals surface area contributed by atoms with Gasteiger partial charge in [0.05, 0.1) is 0 Å². The fourth-order valence-corrected chi connectivity index (χ4v) is 4.68. The van der Waals surface area contributed by atoms with Crippen molar-refractivity contribution in [3.8, 4) is 0 Å². The van der Waals surface area contributed by atoms with E-state index in [1.165, 1.54) is 21.9 Å². The molecule has 3 aliphatic rings. The van der Waals surface area contributed by atoms with Gasteiger partial charge in [-0.2, -0.15) is 0 Å². The second kappa shape index (κ2) is 5.42. The average Bonchev–Trinajstić information content (AvgIpc) is 3.39. The molecule has 7 nitrogen and oxygen atoms in total. The number of likely N-dealkylation sites (tertiary alicyclic amines) is 1. The van der Waals surface area contributed by atoms with Crippen LogP contribution >= 0.6 is 0 Å². The Morgan fingerprint density at radius 3 is 2.80 bits per heavy atom. The molecule has 132 valence electrons. The summed E-state index contributed by atoms with van der Waals surface area (Å²) in [5, 5.41) is 4.28. The Hall–Kier alpha value is -2.15. The van der Waals surface area contributed by atoms with Gasteiger partial charge < -0.3 is 9.64 Å². The van der Waals surface area contributed by atoms with Gasteiger partial charge in [0.2, 0.25) is 5.91 Å². The lowest BCUT2D eigenvalue weighted by atomic mass is 9.64. The third kappa shape index (κ3) is 2.33. The summed E-state index contributed by atoms with van der Waals surface area (Å²) in [5.74, 6) is 0.646. The maximum atomic E-state index is 12.9. The fourth-order valence-electron chi connectivity index (χ4n) is 4.68. The molecule has 0 N–H and O–H groups in total. The van der Waals surface area contributed by atoms with Crippen LogP contribution in [0.1, 0.15) is 25.7 Å². The summed E-state index contributed by atoms with van der Waals surface area (Å²) < 4.78 is 8.29. The minimum absolute atomic E-state index is 0.0134. The molecule has 0 radical (unpaired) electrons. The van der Waals surface area contributed by atoms with Crippen molar-refractivity contribution in [2.75, 3.05) is 19.8 Å². The SMILES string of the molecule is O=C(Cn1nc2ccccn2c1=O)N1CC2(CCOCC2)C1C1CC1. The van der Waals surface area contributed by atoms with E-state index in [0.29, 0.717) is 17.6 Å². The summed E-state index contributed by atoms with van der Waals surface area (Å²) in [5.41, 5.74) is 0.565. The van der Waals surface area contributed by atoms with Crippen LogP contribution in [0, 0.1) is 11.3 Å². The highest BCUT2D eigenvalue weighted by Crippen LogP contribution is 2.54. The second-order valence-corrected chi connectivity index (χ2v) is 7.65. The first-order valence-electron chi connectivity index (χ1n) is 9.09. The molecule has 3 fully saturated rings. The molecule has 5 rings (SSSR count). The molecule has 25 heavy (non-hydrogen) atoms. The lowest BCUT2D eigenvalue weighted by Gasteiger charge is -2.59. The predicted molar refractivity (Wildman–Crippen MR) is 90.2 cm³/mol. The third-order valence-electron chi connectivity index (χ3n) is 6.10. The summed E-state index contributed by atoms with van der Waals surface area (Å²) in [6.07, 6.45) is 6.20. The van der Waals surface area contributed by atoms with Crippen molar-refractivity contribution >= 4 is 11.6 Å². The molecule has 1 aliphatic carbocycles. The summed E-state index contributed by atoms with van der Waals surface area (Å²) in [7, 11) is 0. The number of fused-ring (bicyclic) bond motifs is 1. The van der Waals surface area contributed by atoms with Crippen LogP contribution in [0.25, 0.3) is 5.65 Å². The van der Waals surface area contributed by atoms with E-state index >= 15 is 0 Å². The van der Waals surface area contributed by atoms with Gasteiger partial charge in [0.25, 0.3) is 0 Å². The monoisotopic (exact) mass is 342 g/mol. The Kier molecular flexibility index (Phi) is 3.28. The molecule has 4 heterocycles. The smallest absolute Gasteiger partial charge is 0.350 e. The first kappa shape index (κ1) is 15.1. The van der Waals surface area contributed by atoms with E-state index in [1.807, 2.05) is 11.0 Å². The Balaban J connectivity index is 1.37. The Morgan fingerprint density at radius 2 is 2.08 bits per heavy atom. The van der Waals surface area contributed by atoms with Gasteiger partial charge in [0.1, 0.15) is 6.54 Å². The van der Waals surface area contributed by atoms with Gasteiger partial charge in [-0.3, -0.25) is 9.20 Å². The molecule has 2 saturated heterocycles. The summed E-state index contributed by atoms with van der Waals surface area (Å²) >= 11 is 0. The number of amides is 1. The van der Waals surface area contributed by atoms with E-state index in [1.54, 1.807) is 18.3 Å². The number of hydrogen-bond acceptors (Lipinski definition) is 4. The molecule has 0 aromatic carbocycles. The molecule has 2 aromatic heterocycles. The molecular weight excluding hydrogens is 320 g/mol. The van der Waals surface area contributed by atoms with Gasteiger partial charge in [-0.05, 0) is 43.7 Å². The zero-order valence-electron chi connectivity index (χ0n) is 14.1. The van der Waals surface area contributed by atoms with E-state index in [9.17, 15) is 9.59 Å². The van der Waals surface area contributed by atoms with E-state index in [2.05, 4.69) is 5.10 Å². The lowest BCUT2D eigenvalue weighted by Crippen LogP contribution is -2.69. The van der Waals surface area contributed by atoms with Crippen molar-refractivity contribution in [1.29, 1.82) is 0 Å². The lowest BCUT2D eigenvalue weighted by molar-refractivity contribution is -0.172. The molecule has 7 heteroatoms. The highest BCUT2D eigenvalue weighted by atomic mass is 16.5. The maximum absolute atomic E-state index is 12.9. The second-order valence-electron chi connectivity index (χ2n) is 7.65. The number of rotatable bonds is 3. The van der Waals surface area contributed by atoms with Crippen LogP contribution in [0.5, 0.6) is 0 Å². The molecule has 1 spiro atoms. The minimum Gasteiger partial charge on any atom is -0.381 e. The Bertz CT molecular complexity index is 876. The first-order chi connectivity index (χ1) is 12.2. The Labute approximate surface area is 145 Å². The van der Waals surface area contributed by atoms with Crippen LogP contribution in [-0.4, -0.2) is 50.8 Å². The zero-order valence-corrected chi connectivity index (χ0v) is 14.1. The van der Waals surface area contributed by atoms with Gasteiger partial charge in [0, 0.05) is 37.4 Å². The molecule has 2 aromatic rings. The molecule has 1 amide bonds. The molecule has 1 atom stereocenters. The van der Waals surface area contributed by atoms with Crippen LogP contribution < -0.4 is 5.69 Å². The standard InChI is InChI=1S/C18H22N4O3/c23-15(11-22-17(24)20-8-2-1-3-14(20)19-22)21-12-18(6-9-25-10-7-18)16(21)13-4-5-13/h1-3,8,13,16H,4-7,9-12H2. The fraction of sp³-hybridized carbons (Fsp3) is 0.611. The van der Waals surface area contributed by atoms with E-state index in [4.69, 9.17) is 4.74 Å². The average molecular weight is 342 g/mol. The number of aromatic nitrogens is 3. The minimum atomic E-state index is -0.256. The van der Waals surface area contributed by atoms with E-state index < -0.39 is 0 Å². The zero-order chi connectivity index (χ0) is 17.0. The molecular formula is C18H22N4O3. The van der Waals surface area contributed by atoms with Crippen LogP contribution in [0.4, 0.5) is 0 Å². The summed E-state index contributed by atoms with van der Waals surface area (Å²) in [4.78, 5) is 27.3. The van der Waals surface area contributed by atoms with E-state index in [-0.39, 0.29) is 23.6 Å². The van der Waals surface area contributed by atoms with Crippen molar-refractivity contribution in [2.24, 2.45) is 11.3 Å². The largest absolute Gasteiger partial charge is 0.381 e. The number of carbonyl (C=O) groups is 1. The van der Waals surface area contributed by atoms with Gasteiger partial charge in [0.15, 0.2) is 5.65 Å². The topological polar surface area (TPSA) is 68.8 Å². The number of carbonyl (C=O) groups excluding carboxylic acids is 1. The normalized spacial score (nSPS) is 25.3. The van der Waals surface area contributed by atoms with Crippen LogP contribution in [-0.2, 0) is 16.1 Å². The van der Waals surface area contributed by atoms with Crippen molar-refractivity contribution in [1.82, 2.24) is 19.1 Å². The molecule has 2 aliphatic heterocycles. The number of ether oxygens (including phenoxy) is 1. The third-order valence-corrected chi connectivity index (χ3v) is 6.10. The van der Waals surface area contributed by atoms with Gasteiger partial charge >= 0.3 is 5.69 Å². The molecule has 1 saturated carbocycles. The predicted octanol–water partition coefficient (Wildman–Crippen LogP) is 0.914. The van der Waals surface area contributed by atoms with Crippen molar-refractivity contribution in [3.05, 3.63) is 34.9 Å². The first-order valence-corrected chi connectivity index (χ1v) is 9.09. The summed E-state index contributed by atoms with van der Waals surface area (Å²) in [6.45, 7) is 2.43.